The van der Waals surface area contributed by atoms with Gasteiger partial charge < -0.3 is 5.73 Å². The zero-order valence-corrected chi connectivity index (χ0v) is 15.7. The van der Waals surface area contributed by atoms with Crippen LogP contribution in [0.2, 0.25) is 0 Å². The second kappa shape index (κ2) is 7.58. The third-order valence-corrected chi connectivity index (χ3v) is 4.59. The van der Waals surface area contributed by atoms with Gasteiger partial charge in [-0.3, -0.25) is 10.4 Å². The summed E-state index contributed by atoms with van der Waals surface area (Å²) in [6.07, 6.45) is 3.37. The van der Waals surface area contributed by atoms with Crippen molar-refractivity contribution in [1.82, 2.24) is 4.98 Å². The number of pyridine rings is 1. The van der Waals surface area contributed by atoms with Gasteiger partial charge in [-0.2, -0.15) is 0 Å². The minimum atomic E-state index is 0.399. The zero-order chi connectivity index (χ0) is 18.7. The topological polar surface area (TPSA) is 62.8 Å². The van der Waals surface area contributed by atoms with E-state index < -0.39 is 0 Å². The molecule has 0 radical (unpaired) electrons. The van der Waals surface area contributed by atoms with Crippen LogP contribution in [0.5, 0.6) is 0 Å². The Balaban J connectivity index is 1.98. The summed E-state index contributed by atoms with van der Waals surface area (Å²) < 4.78 is 0. The van der Waals surface area contributed by atoms with Gasteiger partial charge in [0.15, 0.2) is 0 Å². The zero-order valence-electron chi connectivity index (χ0n) is 14.8. The van der Waals surface area contributed by atoms with Gasteiger partial charge in [-0.25, -0.2) is 0 Å². The molecule has 3 N–H and O–H groups in total. The van der Waals surface area contributed by atoms with Gasteiger partial charge >= 0.3 is 0 Å². The maximum Gasteiger partial charge on any atom is 0.0708 e. The molecule has 26 heavy (non-hydrogen) atoms. The van der Waals surface area contributed by atoms with E-state index in [0.717, 1.165) is 27.2 Å². The van der Waals surface area contributed by atoms with Crippen LogP contribution < -0.4 is 5.73 Å². The number of hydrogen-bond acceptors (Lipinski definition) is 4. The maximum absolute atomic E-state index is 8.56. The average molecular weight is 359 g/mol. The van der Waals surface area contributed by atoms with Crippen LogP contribution in [0.4, 0.5) is 0 Å². The fraction of sp³-hybridized carbons (Fsp3) is 0.0909. The summed E-state index contributed by atoms with van der Waals surface area (Å²) in [4.78, 5) is 4.97. The first-order chi connectivity index (χ1) is 12.5. The Hall–Kier alpha value is -2.85. The average Bonchev–Trinajstić information content (AvgIpc) is 2.63. The van der Waals surface area contributed by atoms with Gasteiger partial charge in [0.25, 0.3) is 0 Å². The molecule has 2 aromatic carbocycles. The van der Waals surface area contributed by atoms with E-state index in [1.807, 2.05) is 37.3 Å². The molecule has 0 aliphatic heterocycles. The standard InChI is InChI=1S/C22H21N3S/c1-14-13-19(26)7-8-20(14)16-3-5-17(6-4-16)21(15(2)23)22(24)18-9-11-25-12-10-18/h3-13,24,26H,23H2,1-2H3/b21-15-,24-22?. The van der Waals surface area contributed by atoms with E-state index in [-0.39, 0.29) is 0 Å². The van der Waals surface area contributed by atoms with Gasteiger partial charge in [0.1, 0.15) is 0 Å². The van der Waals surface area contributed by atoms with Crippen molar-refractivity contribution in [2.45, 2.75) is 18.7 Å². The molecular weight excluding hydrogens is 338 g/mol. The van der Waals surface area contributed by atoms with Crippen molar-refractivity contribution in [1.29, 1.82) is 5.41 Å². The van der Waals surface area contributed by atoms with Crippen molar-refractivity contribution in [3.8, 4) is 11.1 Å². The predicted octanol–water partition coefficient (Wildman–Crippen LogP) is 5.10. The first kappa shape index (κ1) is 18.0. The number of allylic oxidation sites excluding steroid dienone is 2. The highest BCUT2D eigenvalue weighted by molar-refractivity contribution is 7.80. The van der Waals surface area contributed by atoms with Gasteiger partial charge in [0.2, 0.25) is 0 Å². The molecule has 0 aliphatic rings. The lowest BCUT2D eigenvalue weighted by molar-refractivity contribution is 1.30. The fourth-order valence-corrected chi connectivity index (χ4v) is 3.29. The first-order valence-corrected chi connectivity index (χ1v) is 8.78. The molecule has 0 bridgehead atoms. The van der Waals surface area contributed by atoms with Crippen LogP contribution in [-0.2, 0) is 0 Å². The fourth-order valence-electron chi connectivity index (χ4n) is 3.02. The van der Waals surface area contributed by atoms with E-state index in [9.17, 15) is 0 Å². The summed E-state index contributed by atoms with van der Waals surface area (Å²) in [6.45, 7) is 3.91. The van der Waals surface area contributed by atoms with Gasteiger partial charge in [-0.15, -0.1) is 12.6 Å². The van der Waals surface area contributed by atoms with Crippen molar-refractivity contribution in [2.24, 2.45) is 5.73 Å². The molecule has 1 heterocycles. The van der Waals surface area contributed by atoms with Crippen LogP contribution in [0.1, 0.15) is 23.6 Å². The number of aryl methyl sites for hydroxylation is 1. The summed E-state index contributed by atoms with van der Waals surface area (Å²) in [6, 6.07) is 17.9. The number of nitrogens with one attached hydrogen (secondary N) is 1. The smallest absolute Gasteiger partial charge is 0.0708 e. The van der Waals surface area contributed by atoms with Crippen molar-refractivity contribution in [3.05, 3.63) is 89.4 Å². The molecular formula is C22H21N3S. The Kier molecular flexibility index (Phi) is 5.24. The molecule has 0 amide bonds. The number of benzene rings is 2. The van der Waals surface area contributed by atoms with E-state index in [0.29, 0.717) is 11.4 Å². The summed E-state index contributed by atoms with van der Waals surface area (Å²) in [5, 5.41) is 8.56. The number of rotatable bonds is 4. The highest BCUT2D eigenvalue weighted by Crippen LogP contribution is 2.28. The van der Waals surface area contributed by atoms with Crippen molar-refractivity contribution >= 4 is 23.9 Å². The summed E-state index contributed by atoms with van der Waals surface area (Å²) in [5.74, 6) is 0. The van der Waals surface area contributed by atoms with E-state index in [2.05, 4.69) is 48.8 Å². The lowest BCUT2D eigenvalue weighted by Gasteiger charge is -2.13. The van der Waals surface area contributed by atoms with E-state index in [4.69, 9.17) is 11.1 Å². The number of nitrogens with two attached hydrogens (primary N) is 1. The van der Waals surface area contributed by atoms with Gasteiger partial charge in [0, 0.05) is 34.1 Å². The molecule has 4 heteroatoms. The molecule has 3 rings (SSSR count). The molecule has 130 valence electrons. The predicted molar refractivity (Wildman–Crippen MR) is 112 cm³/mol. The summed E-state index contributed by atoms with van der Waals surface area (Å²) in [7, 11) is 0. The van der Waals surface area contributed by atoms with Crippen LogP contribution in [-0.4, -0.2) is 10.7 Å². The SMILES string of the molecule is C/C(N)=C(/C(=N)c1ccncc1)c1ccc(-c2ccc(S)cc2C)cc1. The second-order valence-electron chi connectivity index (χ2n) is 6.25. The molecule has 1 aromatic heterocycles. The minimum absolute atomic E-state index is 0.399. The Morgan fingerprint density at radius 2 is 1.62 bits per heavy atom. The molecule has 0 spiro atoms. The molecule has 0 atom stereocenters. The number of nitrogens with zero attached hydrogens (tertiary/aromatic N) is 1. The van der Waals surface area contributed by atoms with E-state index in [1.54, 1.807) is 12.4 Å². The Labute approximate surface area is 159 Å². The Morgan fingerprint density at radius 3 is 2.19 bits per heavy atom. The van der Waals surface area contributed by atoms with Gasteiger partial charge in [-0.05, 0) is 60.4 Å². The first-order valence-electron chi connectivity index (χ1n) is 8.33. The lowest BCUT2D eigenvalue weighted by Crippen LogP contribution is -2.09. The van der Waals surface area contributed by atoms with Crippen molar-refractivity contribution in [2.75, 3.05) is 0 Å². The molecule has 3 aromatic rings. The molecule has 0 aliphatic carbocycles. The molecule has 0 unspecified atom stereocenters. The Bertz CT molecular complexity index is 970. The molecule has 0 fully saturated rings. The van der Waals surface area contributed by atoms with Crippen LogP contribution >= 0.6 is 12.6 Å². The van der Waals surface area contributed by atoms with E-state index >= 15 is 0 Å². The summed E-state index contributed by atoms with van der Waals surface area (Å²) >= 11 is 4.39. The third-order valence-electron chi connectivity index (χ3n) is 4.31. The molecule has 3 nitrogen and oxygen atoms in total. The Morgan fingerprint density at radius 1 is 0.962 bits per heavy atom. The molecule has 0 saturated heterocycles. The molecule has 0 saturated carbocycles. The lowest BCUT2D eigenvalue weighted by atomic mass is 9.92. The van der Waals surface area contributed by atoms with Crippen LogP contribution in [0.25, 0.3) is 16.7 Å². The minimum Gasteiger partial charge on any atom is -0.402 e. The normalized spacial score (nSPS) is 11.8. The van der Waals surface area contributed by atoms with Gasteiger partial charge in [0.05, 0.1) is 5.71 Å². The quantitative estimate of drug-likeness (QED) is 0.448. The van der Waals surface area contributed by atoms with E-state index in [1.165, 1.54) is 11.1 Å². The maximum atomic E-state index is 8.56. The van der Waals surface area contributed by atoms with Crippen LogP contribution in [0.3, 0.4) is 0 Å². The van der Waals surface area contributed by atoms with Crippen LogP contribution in [0.15, 0.2) is 77.6 Å². The van der Waals surface area contributed by atoms with Crippen LogP contribution in [0, 0.1) is 12.3 Å². The monoisotopic (exact) mass is 359 g/mol. The highest BCUT2D eigenvalue weighted by Gasteiger charge is 2.13. The third kappa shape index (κ3) is 3.70. The number of thiol groups is 1. The van der Waals surface area contributed by atoms with Crippen molar-refractivity contribution in [3.63, 3.8) is 0 Å². The van der Waals surface area contributed by atoms with Gasteiger partial charge in [-0.1, -0.05) is 30.3 Å². The highest BCUT2D eigenvalue weighted by atomic mass is 32.1. The second-order valence-corrected chi connectivity index (χ2v) is 6.76. The largest absolute Gasteiger partial charge is 0.402 e. The number of hydrogen-bond donors (Lipinski definition) is 3. The van der Waals surface area contributed by atoms with Crippen molar-refractivity contribution < 1.29 is 0 Å². The summed E-state index contributed by atoms with van der Waals surface area (Å²) in [5.41, 5.74) is 13.1. The number of aromatic nitrogens is 1.